The van der Waals surface area contributed by atoms with Crippen LogP contribution in [-0.2, 0) is 10.0 Å². The molecule has 0 radical (unpaired) electrons. The predicted octanol–water partition coefficient (Wildman–Crippen LogP) is 5.11. The van der Waals surface area contributed by atoms with E-state index in [0.717, 1.165) is 38.6 Å². The largest absolute Gasteiger partial charge is 0.241 e. The number of benzene rings is 3. The van der Waals surface area contributed by atoms with Gasteiger partial charge in [-0.1, -0.05) is 42.5 Å². The standard InChI is InChI=1S/C22H25NO2S/c1-14-12-15(2)17(4)22(16(14)3)26(24,25)23-18(5)20-11-10-19-8-6-7-9-21(19)13-20/h6-13,18,23H,1-5H3/t18-/m0/s1. The van der Waals surface area contributed by atoms with E-state index in [9.17, 15) is 8.42 Å². The number of sulfonamides is 1. The van der Waals surface area contributed by atoms with Crippen molar-refractivity contribution in [3.8, 4) is 0 Å². The highest BCUT2D eigenvalue weighted by molar-refractivity contribution is 7.89. The van der Waals surface area contributed by atoms with Crippen molar-refractivity contribution in [2.45, 2.75) is 45.6 Å². The Hall–Kier alpha value is -2.17. The van der Waals surface area contributed by atoms with Gasteiger partial charge in [-0.2, -0.15) is 0 Å². The third-order valence-electron chi connectivity index (χ3n) is 5.17. The summed E-state index contributed by atoms with van der Waals surface area (Å²) in [5.74, 6) is 0. The second-order valence-corrected chi connectivity index (χ2v) is 8.69. The van der Waals surface area contributed by atoms with Gasteiger partial charge in [-0.15, -0.1) is 0 Å². The fourth-order valence-corrected chi connectivity index (χ4v) is 5.27. The number of fused-ring (bicyclic) bond motifs is 1. The topological polar surface area (TPSA) is 46.2 Å². The van der Waals surface area contributed by atoms with Crippen LogP contribution in [0.25, 0.3) is 10.8 Å². The van der Waals surface area contributed by atoms with E-state index in [-0.39, 0.29) is 6.04 Å². The lowest BCUT2D eigenvalue weighted by atomic mass is 10.0. The lowest BCUT2D eigenvalue weighted by Crippen LogP contribution is -2.28. The van der Waals surface area contributed by atoms with E-state index in [1.807, 2.05) is 77.1 Å². The molecular formula is C22H25NO2S. The van der Waals surface area contributed by atoms with Crippen LogP contribution >= 0.6 is 0 Å². The van der Waals surface area contributed by atoms with E-state index in [1.54, 1.807) is 0 Å². The average Bonchev–Trinajstić information content (AvgIpc) is 2.59. The van der Waals surface area contributed by atoms with Crippen molar-refractivity contribution in [1.82, 2.24) is 4.72 Å². The molecule has 0 aliphatic rings. The summed E-state index contributed by atoms with van der Waals surface area (Å²) in [7, 11) is -3.62. The van der Waals surface area contributed by atoms with Crippen molar-refractivity contribution in [3.05, 3.63) is 76.3 Å². The van der Waals surface area contributed by atoms with Gasteiger partial charge >= 0.3 is 0 Å². The molecule has 3 aromatic carbocycles. The van der Waals surface area contributed by atoms with E-state index in [1.165, 1.54) is 0 Å². The van der Waals surface area contributed by atoms with Gasteiger partial charge in [0.25, 0.3) is 0 Å². The SMILES string of the molecule is Cc1cc(C)c(C)c(S(=O)(=O)N[C@@H](C)c2ccc3ccccc3c2)c1C. The molecule has 0 aromatic heterocycles. The maximum Gasteiger partial charge on any atom is 0.241 e. The van der Waals surface area contributed by atoms with Gasteiger partial charge in [-0.05, 0) is 79.3 Å². The summed E-state index contributed by atoms with van der Waals surface area (Å²) in [6.45, 7) is 9.53. The highest BCUT2D eigenvalue weighted by atomic mass is 32.2. The summed E-state index contributed by atoms with van der Waals surface area (Å²) in [4.78, 5) is 0.405. The van der Waals surface area contributed by atoms with Gasteiger partial charge < -0.3 is 0 Å². The first-order chi connectivity index (χ1) is 12.2. The molecule has 3 rings (SSSR count). The smallest absolute Gasteiger partial charge is 0.207 e. The van der Waals surface area contributed by atoms with Gasteiger partial charge in [0.2, 0.25) is 10.0 Å². The van der Waals surface area contributed by atoms with Crippen molar-refractivity contribution < 1.29 is 8.42 Å². The van der Waals surface area contributed by atoms with Gasteiger partial charge in [0.1, 0.15) is 0 Å². The Bertz CT molecular complexity index is 1060. The molecule has 0 aliphatic carbocycles. The van der Waals surface area contributed by atoms with Crippen molar-refractivity contribution in [3.63, 3.8) is 0 Å². The van der Waals surface area contributed by atoms with Crippen LogP contribution in [0.3, 0.4) is 0 Å². The maximum absolute atomic E-state index is 13.1. The third kappa shape index (κ3) is 3.39. The molecule has 0 aliphatic heterocycles. The van der Waals surface area contributed by atoms with Crippen LogP contribution in [0.5, 0.6) is 0 Å². The van der Waals surface area contributed by atoms with Gasteiger partial charge in [0.15, 0.2) is 0 Å². The summed E-state index contributed by atoms with van der Waals surface area (Å²) in [6.07, 6.45) is 0. The van der Waals surface area contributed by atoms with Crippen LogP contribution in [0.15, 0.2) is 53.4 Å². The van der Waals surface area contributed by atoms with Gasteiger partial charge in [-0.25, -0.2) is 13.1 Å². The molecule has 0 heterocycles. The van der Waals surface area contributed by atoms with Crippen LogP contribution < -0.4 is 4.72 Å². The van der Waals surface area contributed by atoms with Crippen molar-refractivity contribution in [1.29, 1.82) is 0 Å². The summed E-state index contributed by atoms with van der Waals surface area (Å²) < 4.78 is 29.1. The Morgan fingerprint density at radius 1 is 0.808 bits per heavy atom. The third-order valence-corrected chi connectivity index (χ3v) is 6.99. The number of aryl methyl sites for hydroxylation is 2. The molecule has 0 fully saturated rings. The molecule has 3 nitrogen and oxygen atoms in total. The highest BCUT2D eigenvalue weighted by Crippen LogP contribution is 2.28. The van der Waals surface area contributed by atoms with Crippen molar-refractivity contribution >= 4 is 20.8 Å². The second-order valence-electron chi connectivity index (χ2n) is 7.04. The summed E-state index contributed by atoms with van der Waals surface area (Å²) >= 11 is 0. The predicted molar refractivity (Wildman–Crippen MR) is 108 cm³/mol. The fraction of sp³-hybridized carbons (Fsp3) is 0.273. The Labute approximate surface area is 156 Å². The van der Waals surface area contributed by atoms with Gasteiger partial charge in [0, 0.05) is 6.04 Å². The minimum Gasteiger partial charge on any atom is -0.207 e. The normalized spacial score (nSPS) is 13.1. The first-order valence-electron chi connectivity index (χ1n) is 8.79. The zero-order valence-electron chi connectivity index (χ0n) is 15.9. The molecule has 1 atom stereocenters. The van der Waals surface area contributed by atoms with Crippen LogP contribution in [0.1, 0.15) is 40.8 Å². The minimum atomic E-state index is -3.62. The zero-order valence-corrected chi connectivity index (χ0v) is 16.7. The summed E-state index contributed by atoms with van der Waals surface area (Å²) in [6, 6.07) is 15.9. The molecule has 4 heteroatoms. The molecule has 3 aromatic rings. The van der Waals surface area contributed by atoms with Crippen molar-refractivity contribution in [2.24, 2.45) is 0 Å². The molecule has 0 amide bonds. The summed E-state index contributed by atoms with van der Waals surface area (Å²) in [5, 5.41) is 2.25. The van der Waals surface area contributed by atoms with E-state index >= 15 is 0 Å². The van der Waals surface area contributed by atoms with Crippen LogP contribution in [0.2, 0.25) is 0 Å². The first-order valence-corrected chi connectivity index (χ1v) is 10.3. The molecule has 26 heavy (non-hydrogen) atoms. The van der Waals surface area contributed by atoms with E-state index in [2.05, 4.69) is 10.8 Å². The maximum atomic E-state index is 13.1. The van der Waals surface area contributed by atoms with E-state index in [4.69, 9.17) is 0 Å². The van der Waals surface area contributed by atoms with Crippen molar-refractivity contribution in [2.75, 3.05) is 0 Å². The molecule has 0 spiro atoms. The second kappa shape index (κ2) is 6.86. The van der Waals surface area contributed by atoms with E-state index in [0.29, 0.717) is 4.90 Å². The Morgan fingerprint density at radius 2 is 1.38 bits per heavy atom. The lowest BCUT2D eigenvalue weighted by molar-refractivity contribution is 0.565. The Morgan fingerprint density at radius 3 is 2.00 bits per heavy atom. The average molecular weight is 368 g/mol. The molecule has 0 bridgehead atoms. The summed E-state index contributed by atoms with van der Waals surface area (Å²) in [5.41, 5.74) is 4.56. The van der Waals surface area contributed by atoms with Gasteiger partial charge in [0.05, 0.1) is 4.90 Å². The molecule has 1 N–H and O–H groups in total. The quantitative estimate of drug-likeness (QED) is 0.696. The monoisotopic (exact) mass is 367 g/mol. The number of rotatable bonds is 4. The van der Waals surface area contributed by atoms with Crippen LogP contribution in [0.4, 0.5) is 0 Å². The molecular weight excluding hydrogens is 342 g/mol. The number of hydrogen-bond donors (Lipinski definition) is 1. The highest BCUT2D eigenvalue weighted by Gasteiger charge is 2.24. The first kappa shape index (κ1) is 18.6. The fourth-order valence-electron chi connectivity index (χ4n) is 3.42. The number of nitrogens with one attached hydrogen (secondary N) is 1. The van der Waals surface area contributed by atoms with E-state index < -0.39 is 10.0 Å². The van der Waals surface area contributed by atoms with Gasteiger partial charge in [-0.3, -0.25) is 0 Å². The number of hydrogen-bond acceptors (Lipinski definition) is 2. The minimum absolute atomic E-state index is 0.316. The molecule has 136 valence electrons. The van der Waals surface area contributed by atoms with Crippen LogP contribution in [-0.4, -0.2) is 8.42 Å². The lowest BCUT2D eigenvalue weighted by Gasteiger charge is -2.20. The van der Waals surface area contributed by atoms with Crippen LogP contribution in [0, 0.1) is 27.7 Å². The molecule has 0 saturated carbocycles. The Kier molecular flexibility index (Phi) is 4.91. The zero-order chi connectivity index (χ0) is 19.1. The molecule has 0 unspecified atom stereocenters. The Balaban J connectivity index is 1.99. The molecule has 0 saturated heterocycles.